The first-order valence-corrected chi connectivity index (χ1v) is 6.94. The van der Waals surface area contributed by atoms with Crippen molar-refractivity contribution >= 4 is 11.4 Å². The molecule has 0 heterocycles. The molecule has 0 aliphatic heterocycles. The molecule has 0 bridgehead atoms. The lowest BCUT2D eigenvalue weighted by Gasteiger charge is -2.20. The zero-order chi connectivity index (χ0) is 15.6. The van der Waals surface area contributed by atoms with Gasteiger partial charge in [0.1, 0.15) is 11.5 Å². The zero-order valence-electron chi connectivity index (χ0n) is 12.9. The Balaban J connectivity index is 2.23. The topological polar surface area (TPSA) is 55.7 Å². The SMILES string of the molecule is Cc1ccc(NC(C)c2cc(O)cc(O)c2)cc1N(C)C. The number of phenolic OH excluding ortho intramolecular Hbond substituents is 2. The van der Waals surface area contributed by atoms with Gasteiger partial charge in [-0.25, -0.2) is 0 Å². The van der Waals surface area contributed by atoms with Gasteiger partial charge in [0.15, 0.2) is 0 Å². The average molecular weight is 286 g/mol. The van der Waals surface area contributed by atoms with E-state index in [4.69, 9.17) is 0 Å². The molecular formula is C17H22N2O2. The van der Waals surface area contributed by atoms with Crippen LogP contribution in [-0.4, -0.2) is 24.3 Å². The van der Waals surface area contributed by atoms with Gasteiger partial charge in [0.25, 0.3) is 0 Å². The Morgan fingerprint density at radius 2 is 1.62 bits per heavy atom. The Morgan fingerprint density at radius 3 is 2.19 bits per heavy atom. The minimum atomic E-state index is -0.0271. The second-order valence-corrected chi connectivity index (χ2v) is 5.54. The fourth-order valence-corrected chi connectivity index (χ4v) is 2.38. The normalized spacial score (nSPS) is 12.0. The van der Waals surface area contributed by atoms with E-state index in [0.717, 1.165) is 16.9 Å². The van der Waals surface area contributed by atoms with Crippen molar-refractivity contribution < 1.29 is 10.2 Å². The highest BCUT2D eigenvalue weighted by atomic mass is 16.3. The summed E-state index contributed by atoms with van der Waals surface area (Å²) in [6.45, 7) is 4.07. The van der Waals surface area contributed by atoms with E-state index in [9.17, 15) is 10.2 Å². The number of nitrogens with one attached hydrogen (secondary N) is 1. The third-order valence-corrected chi connectivity index (χ3v) is 3.50. The van der Waals surface area contributed by atoms with Crippen LogP contribution in [0.1, 0.15) is 24.1 Å². The molecule has 112 valence electrons. The van der Waals surface area contributed by atoms with E-state index < -0.39 is 0 Å². The van der Waals surface area contributed by atoms with Crippen LogP contribution in [0.3, 0.4) is 0 Å². The Kier molecular flexibility index (Phi) is 4.26. The molecule has 4 heteroatoms. The van der Waals surface area contributed by atoms with Gasteiger partial charge in [0.05, 0.1) is 0 Å². The second-order valence-electron chi connectivity index (χ2n) is 5.54. The number of hydrogen-bond donors (Lipinski definition) is 3. The minimum Gasteiger partial charge on any atom is -0.508 e. The number of hydrogen-bond acceptors (Lipinski definition) is 4. The molecule has 2 aromatic carbocycles. The first-order valence-electron chi connectivity index (χ1n) is 6.94. The molecule has 3 N–H and O–H groups in total. The molecular weight excluding hydrogens is 264 g/mol. The highest BCUT2D eigenvalue weighted by molar-refractivity contribution is 5.62. The molecule has 2 rings (SSSR count). The lowest BCUT2D eigenvalue weighted by Crippen LogP contribution is -2.12. The molecule has 0 amide bonds. The van der Waals surface area contributed by atoms with Crippen LogP contribution >= 0.6 is 0 Å². The number of rotatable bonds is 4. The van der Waals surface area contributed by atoms with Gasteiger partial charge < -0.3 is 20.4 Å². The first-order chi connectivity index (χ1) is 9.86. The summed E-state index contributed by atoms with van der Waals surface area (Å²) >= 11 is 0. The number of aryl methyl sites for hydroxylation is 1. The maximum atomic E-state index is 9.57. The monoisotopic (exact) mass is 286 g/mol. The smallest absolute Gasteiger partial charge is 0.119 e. The van der Waals surface area contributed by atoms with Crippen molar-refractivity contribution in [2.45, 2.75) is 19.9 Å². The molecule has 0 saturated heterocycles. The fourth-order valence-electron chi connectivity index (χ4n) is 2.38. The lowest BCUT2D eigenvalue weighted by atomic mass is 10.1. The van der Waals surface area contributed by atoms with Gasteiger partial charge in [0.2, 0.25) is 0 Å². The van der Waals surface area contributed by atoms with Gasteiger partial charge in [-0.05, 0) is 49.2 Å². The molecule has 0 aliphatic rings. The van der Waals surface area contributed by atoms with E-state index >= 15 is 0 Å². The highest BCUT2D eigenvalue weighted by Gasteiger charge is 2.09. The van der Waals surface area contributed by atoms with Gasteiger partial charge >= 0.3 is 0 Å². The molecule has 0 aromatic heterocycles. The highest BCUT2D eigenvalue weighted by Crippen LogP contribution is 2.29. The Morgan fingerprint density at radius 1 is 1.00 bits per heavy atom. The molecule has 1 unspecified atom stereocenters. The van der Waals surface area contributed by atoms with Crippen LogP contribution in [0, 0.1) is 6.92 Å². The molecule has 0 saturated carbocycles. The predicted molar refractivity (Wildman–Crippen MR) is 87.3 cm³/mol. The number of anilines is 2. The Bertz CT molecular complexity index is 618. The number of aromatic hydroxyl groups is 2. The van der Waals surface area contributed by atoms with E-state index in [1.165, 1.54) is 11.6 Å². The van der Waals surface area contributed by atoms with Crippen molar-refractivity contribution in [2.75, 3.05) is 24.3 Å². The van der Waals surface area contributed by atoms with Crippen LogP contribution in [0.15, 0.2) is 36.4 Å². The molecule has 4 nitrogen and oxygen atoms in total. The Labute approximate surface area is 125 Å². The van der Waals surface area contributed by atoms with E-state index in [1.54, 1.807) is 12.1 Å². The summed E-state index contributed by atoms with van der Waals surface area (Å²) in [7, 11) is 4.03. The standard InChI is InChI=1S/C17H22N2O2/c1-11-5-6-14(9-17(11)19(3)4)18-12(2)13-7-15(20)10-16(21)8-13/h5-10,12,18,20-21H,1-4H3. The minimum absolute atomic E-state index is 0.0271. The molecule has 0 radical (unpaired) electrons. The molecule has 21 heavy (non-hydrogen) atoms. The summed E-state index contributed by atoms with van der Waals surface area (Å²) in [5, 5.41) is 22.5. The Hall–Kier alpha value is -2.36. The maximum Gasteiger partial charge on any atom is 0.119 e. The summed E-state index contributed by atoms with van der Waals surface area (Å²) in [6.07, 6.45) is 0. The van der Waals surface area contributed by atoms with Crippen LogP contribution < -0.4 is 10.2 Å². The van der Waals surface area contributed by atoms with Crippen molar-refractivity contribution in [2.24, 2.45) is 0 Å². The summed E-state index contributed by atoms with van der Waals surface area (Å²) in [5.74, 6) is 0.132. The second kappa shape index (κ2) is 5.95. The largest absolute Gasteiger partial charge is 0.508 e. The van der Waals surface area contributed by atoms with Gasteiger partial charge in [-0.3, -0.25) is 0 Å². The predicted octanol–water partition coefficient (Wildman–Crippen LogP) is 3.65. The molecule has 2 aromatic rings. The number of benzene rings is 2. The van der Waals surface area contributed by atoms with Gasteiger partial charge in [-0.15, -0.1) is 0 Å². The summed E-state index contributed by atoms with van der Waals surface area (Å²) in [5.41, 5.74) is 4.21. The zero-order valence-corrected chi connectivity index (χ0v) is 12.9. The van der Waals surface area contributed by atoms with E-state index in [0.29, 0.717) is 0 Å². The maximum absolute atomic E-state index is 9.57. The van der Waals surface area contributed by atoms with Crippen LogP contribution in [0.25, 0.3) is 0 Å². The van der Waals surface area contributed by atoms with E-state index in [1.807, 2.05) is 27.1 Å². The van der Waals surface area contributed by atoms with Gasteiger partial charge in [0, 0.05) is 37.6 Å². The first kappa shape index (κ1) is 15.0. The van der Waals surface area contributed by atoms with Crippen LogP contribution in [0.2, 0.25) is 0 Å². The van der Waals surface area contributed by atoms with Gasteiger partial charge in [-0.1, -0.05) is 6.07 Å². The fraction of sp³-hybridized carbons (Fsp3) is 0.294. The number of nitrogens with zero attached hydrogens (tertiary/aromatic N) is 1. The summed E-state index contributed by atoms with van der Waals surface area (Å²) in [4.78, 5) is 2.07. The summed E-state index contributed by atoms with van der Waals surface area (Å²) in [6, 6.07) is 10.8. The van der Waals surface area contributed by atoms with Gasteiger partial charge in [-0.2, -0.15) is 0 Å². The molecule has 0 aliphatic carbocycles. The van der Waals surface area contributed by atoms with E-state index in [2.05, 4.69) is 29.3 Å². The van der Waals surface area contributed by atoms with Crippen molar-refractivity contribution in [3.63, 3.8) is 0 Å². The third-order valence-electron chi connectivity index (χ3n) is 3.50. The van der Waals surface area contributed by atoms with Crippen molar-refractivity contribution in [1.29, 1.82) is 0 Å². The van der Waals surface area contributed by atoms with Crippen molar-refractivity contribution in [1.82, 2.24) is 0 Å². The molecule has 0 fully saturated rings. The summed E-state index contributed by atoms with van der Waals surface area (Å²) < 4.78 is 0. The van der Waals surface area contributed by atoms with Crippen molar-refractivity contribution in [3.8, 4) is 11.5 Å². The lowest BCUT2D eigenvalue weighted by molar-refractivity contribution is 0.448. The molecule has 0 spiro atoms. The molecule has 1 atom stereocenters. The van der Waals surface area contributed by atoms with Crippen LogP contribution in [-0.2, 0) is 0 Å². The van der Waals surface area contributed by atoms with E-state index in [-0.39, 0.29) is 17.5 Å². The quantitative estimate of drug-likeness (QED) is 0.803. The van der Waals surface area contributed by atoms with Crippen LogP contribution in [0.4, 0.5) is 11.4 Å². The number of phenols is 2. The van der Waals surface area contributed by atoms with Crippen LogP contribution in [0.5, 0.6) is 11.5 Å². The third kappa shape index (κ3) is 3.60. The average Bonchev–Trinajstić information content (AvgIpc) is 2.39. The van der Waals surface area contributed by atoms with Crippen molar-refractivity contribution in [3.05, 3.63) is 47.5 Å².